The van der Waals surface area contributed by atoms with Crippen molar-refractivity contribution >= 4 is 40.1 Å². The fraction of sp³-hybridized carbons (Fsp3) is 0.0952. The Balaban J connectivity index is 1.64. The van der Waals surface area contributed by atoms with Gasteiger partial charge in [0.2, 0.25) is 0 Å². The molecule has 0 unspecified atom stereocenters. The normalized spacial score (nSPS) is 10.2. The molecule has 3 aromatic carbocycles. The number of nitrogens with zero attached hydrogens (tertiary/aromatic N) is 1. The first-order valence-corrected chi connectivity index (χ1v) is 9.21. The Labute approximate surface area is 160 Å². The van der Waals surface area contributed by atoms with Crippen LogP contribution < -0.4 is 5.32 Å². The Kier molecular flexibility index (Phi) is 6.08. The number of benzene rings is 3. The second kappa shape index (κ2) is 8.88. The molecular weight excluding hydrogens is 360 g/mol. The molecular formula is C21H16N2O3S. The molecule has 0 saturated heterocycles. The largest absolute Gasteiger partial charge is 0.452 e. The molecule has 6 heteroatoms. The van der Waals surface area contributed by atoms with Crippen molar-refractivity contribution in [3.05, 3.63) is 72.3 Å². The van der Waals surface area contributed by atoms with E-state index < -0.39 is 11.9 Å². The Morgan fingerprint density at radius 2 is 1.74 bits per heavy atom. The molecule has 0 saturated carbocycles. The van der Waals surface area contributed by atoms with Crippen molar-refractivity contribution in [2.45, 2.75) is 4.90 Å². The van der Waals surface area contributed by atoms with Crippen LogP contribution in [0.4, 0.5) is 5.69 Å². The average molecular weight is 376 g/mol. The van der Waals surface area contributed by atoms with Gasteiger partial charge in [0.1, 0.15) is 0 Å². The molecule has 0 spiro atoms. The summed E-state index contributed by atoms with van der Waals surface area (Å²) < 4.78 is 5.18. The van der Waals surface area contributed by atoms with E-state index in [0.29, 0.717) is 11.3 Å². The molecule has 27 heavy (non-hydrogen) atoms. The van der Waals surface area contributed by atoms with Gasteiger partial charge in [-0.3, -0.25) is 4.79 Å². The van der Waals surface area contributed by atoms with Crippen molar-refractivity contribution < 1.29 is 14.3 Å². The highest BCUT2D eigenvalue weighted by Crippen LogP contribution is 2.26. The number of carbonyl (C=O) groups is 2. The maximum absolute atomic E-state index is 12.4. The van der Waals surface area contributed by atoms with Crippen molar-refractivity contribution in [1.29, 1.82) is 5.26 Å². The van der Waals surface area contributed by atoms with Crippen LogP contribution in [0.1, 0.15) is 10.4 Å². The predicted molar refractivity (Wildman–Crippen MR) is 106 cm³/mol. The second-order valence-corrected chi connectivity index (χ2v) is 6.61. The van der Waals surface area contributed by atoms with Crippen LogP contribution >= 0.6 is 11.8 Å². The highest BCUT2D eigenvalue weighted by molar-refractivity contribution is 7.99. The molecule has 0 atom stereocenters. The van der Waals surface area contributed by atoms with E-state index in [1.165, 1.54) is 11.8 Å². The molecule has 0 radical (unpaired) electrons. The van der Waals surface area contributed by atoms with Gasteiger partial charge in [0, 0.05) is 4.90 Å². The molecule has 3 aromatic rings. The van der Waals surface area contributed by atoms with Gasteiger partial charge in [-0.15, -0.1) is 11.8 Å². The smallest absolute Gasteiger partial charge is 0.339 e. The Hall–Kier alpha value is -3.30. The first kappa shape index (κ1) is 18.5. The number of amides is 1. The van der Waals surface area contributed by atoms with Crippen molar-refractivity contribution in [2.24, 2.45) is 0 Å². The molecule has 0 aliphatic carbocycles. The monoisotopic (exact) mass is 376 g/mol. The first-order chi connectivity index (χ1) is 13.2. The maximum Gasteiger partial charge on any atom is 0.339 e. The molecule has 0 aliphatic rings. The number of fused-ring (bicyclic) bond motifs is 1. The summed E-state index contributed by atoms with van der Waals surface area (Å²) in [6.07, 6.45) is 0. The zero-order chi connectivity index (χ0) is 19.1. The maximum atomic E-state index is 12.4. The molecule has 3 rings (SSSR count). The summed E-state index contributed by atoms with van der Waals surface area (Å²) in [5.41, 5.74) is 1.01. The van der Waals surface area contributed by atoms with Crippen LogP contribution in [0.5, 0.6) is 0 Å². The van der Waals surface area contributed by atoms with Crippen LogP contribution in [-0.4, -0.2) is 24.2 Å². The van der Waals surface area contributed by atoms with Gasteiger partial charge in [-0.05, 0) is 29.0 Å². The molecule has 0 heterocycles. The average Bonchev–Trinajstić information content (AvgIpc) is 2.71. The highest BCUT2D eigenvalue weighted by Gasteiger charge is 2.14. The van der Waals surface area contributed by atoms with E-state index in [2.05, 4.69) is 11.4 Å². The van der Waals surface area contributed by atoms with Crippen LogP contribution in [0.3, 0.4) is 0 Å². The molecule has 1 N–H and O–H groups in total. The van der Waals surface area contributed by atoms with Crippen molar-refractivity contribution in [1.82, 2.24) is 0 Å². The Morgan fingerprint density at radius 3 is 2.59 bits per heavy atom. The summed E-state index contributed by atoms with van der Waals surface area (Å²) in [7, 11) is 0. The summed E-state index contributed by atoms with van der Waals surface area (Å²) in [6, 6.07) is 22.1. The minimum Gasteiger partial charge on any atom is -0.452 e. The molecule has 0 bridgehead atoms. The number of esters is 1. The van der Waals surface area contributed by atoms with E-state index in [9.17, 15) is 9.59 Å². The van der Waals surface area contributed by atoms with E-state index >= 15 is 0 Å². The van der Waals surface area contributed by atoms with Gasteiger partial charge in [-0.25, -0.2) is 4.79 Å². The zero-order valence-electron chi connectivity index (χ0n) is 14.3. The van der Waals surface area contributed by atoms with Crippen LogP contribution in [0, 0.1) is 11.3 Å². The van der Waals surface area contributed by atoms with Gasteiger partial charge >= 0.3 is 5.97 Å². The molecule has 5 nitrogen and oxygen atoms in total. The number of rotatable bonds is 6. The lowest BCUT2D eigenvalue weighted by Gasteiger charge is -2.10. The summed E-state index contributed by atoms with van der Waals surface area (Å²) in [5, 5.41) is 13.1. The van der Waals surface area contributed by atoms with E-state index in [1.807, 2.05) is 42.5 Å². The van der Waals surface area contributed by atoms with E-state index in [1.54, 1.807) is 24.3 Å². The van der Waals surface area contributed by atoms with Crippen molar-refractivity contribution in [2.75, 3.05) is 17.7 Å². The van der Waals surface area contributed by atoms with Gasteiger partial charge in [-0.1, -0.05) is 48.5 Å². The van der Waals surface area contributed by atoms with Gasteiger partial charge in [-0.2, -0.15) is 5.26 Å². The van der Waals surface area contributed by atoms with E-state index in [0.717, 1.165) is 15.7 Å². The number of ether oxygens (including phenoxy) is 1. The molecule has 134 valence electrons. The lowest BCUT2D eigenvalue weighted by molar-refractivity contribution is -0.119. The molecule has 1 amide bonds. The van der Waals surface area contributed by atoms with Gasteiger partial charge in [0.15, 0.2) is 6.61 Å². The highest BCUT2D eigenvalue weighted by atomic mass is 32.2. The number of nitriles is 1. The third kappa shape index (κ3) is 4.66. The topological polar surface area (TPSA) is 79.2 Å². The number of para-hydroxylation sites is 1. The Morgan fingerprint density at radius 1 is 1.00 bits per heavy atom. The zero-order valence-corrected chi connectivity index (χ0v) is 15.2. The third-order valence-corrected chi connectivity index (χ3v) is 4.74. The summed E-state index contributed by atoms with van der Waals surface area (Å²) in [4.78, 5) is 25.3. The van der Waals surface area contributed by atoms with Crippen molar-refractivity contribution in [3.63, 3.8) is 0 Å². The lowest BCUT2D eigenvalue weighted by atomic mass is 10.1. The molecule has 0 aliphatic heterocycles. The SMILES string of the molecule is N#CCSc1ccccc1NC(=O)COC(=O)c1cccc2ccccc12. The van der Waals surface area contributed by atoms with Gasteiger partial charge in [0.25, 0.3) is 5.91 Å². The van der Waals surface area contributed by atoms with Crippen LogP contribution in [-0.2, 0) is 9.53 Å². The van der Waals surface area contributed by atoms with E-state index in [4.69, 9.17) is 10.00 Å². The Bertz CT molecular complexity index is 1020. The number of anilines is 1. The fourth-order valence-electron chi connectivity index (χ4n) is 2.60. The van der Waals surface area contributed by atoms with E-state index in [-0.39, 0.29) is 12.4 Å². The van der Waals surface area contributed by atoms with Crippen LogP contribution in [0.15, 0.2) is 71.6 Å². The number of nitrogens with one attached hydrogen (secondary N) is 1. The van der Waals surface area contributed by atoms with Gasteiger partial charge < -0.3 is 10.1 Å². The standard InChI is InChI=1S/C21H16N2O3S/c22-12-13-27-19-11-4-3-10-18(19)23-20(24)14-26-21(25)17-9-5-7-15-6-1-2-8-16(15)17/h1-11H,13-14H2,(H,23,24). The number of hydrogen-bond donors (Lipinski definition) is 1. The number of carbonyl (C=O) groups excluding carboxylic acids is 2. The molecule has 0 aromatic heterocycles. The number of hydrogen-bond acceptors (Lipinski definition) is 5. The lowest BCUT2D eigenvalue weighted by Crippen LogP contribution is -2.21. The summed E-state index contributed by atoms with van der Waals surface area (Å²) >= 11 is 1.33. The van der Waals surface area contributed by atoms with Crippen LogP contribution in [0.25, 0.3) is 10.8 Å². The van der Waals surface area contributed by atoms with Crippen molar-refractivity contribution in [3.8, 4) is 6.07 Å². The first-order valence-electron chi connectivity index (χ1n) is 8.22. The summed E-state index contributed by atoms with van der Waals surface area (Å²) in [5.74, 6) is -0.703. The minimum absolute atomic E-state index is 0.281. The minimum atomic E-state index is -0.547. The summed E-state index contributed by atoms with van der Waals surface area (Å²) in [6.45, 7) is -0.390. The third-order valence-electron chi connectivity index (χ3n) is 3.80. The fourth-order valence-corrected chi connectivity index (χ4v) is 3.27. The number of thioether (sulfide) groups is 1. The second-order valence-electron chi connectivity index (χ2n) is 5.59. The van der Waals surface area contributed by atoms with Gasteiger partial charge in [0.05, 0.1) is 23.1 Å². The molecule has 0 fully saturated rings. The quantitative estimate of drug-likeness (QED) is 0.514. The predicted octanol–water partition coefficient (Wildman–Crippen LogP) is 4.25. The van der Waals surface area contributed by atoms with Crippen LogP contribution in [0.2, 0.25) is 0 Å².